The predicted molar refractivity (Wildman–Crippen MR) is 121 cm³/mol. The van der Waals surface area contributed by atoms with Gasteiger partial charge in [-0.25, -0.2) is 0 Å². The van der Waals surface area contributed by atoms with Crippen LogP contribution in [-0.4, -0.2) is 34.1 Å². The van der Waals surface area contributed by atoms with E-state index in [1.165, 1.54) is 30.7 Å². The van der Waals surface area contributed by atoms with Crippen molar-refractivity contribution in [3.05, 3.63) is 63.8 Å². The van der Waals surface area contributed by atoms with E-state index in [1.54, 1.807) is 4.57 Å². The molecular formula is C24H29F3N4O3. The summed E-state index contributed by atoms with van der Waals surface area (Å²) in [6.45, 7) is 2.30. The molecule has 2 N–H and O–H groups in total. The Bertz CT molecular complexity index is 1050. The average Bonchev–Trinajstić information content (AvgIpc) is 2.83. The van der Waals surface area contributed by atoms with Crippen LogP contribution in [0.5, 0.6) is 0 Å². The molecule has 2 amide bonds. The van der Waals surface area contributed by atoms with Gasteiger partial charge in [0.15, 0.2) is 6.04 Å². The first-order chi connectivity index (χ1) is 16.2. The third-order valence-electron chi connectivity index (χ3n) is 5.97. The molecule has 7 nitrogen and oxygen atoms in total. The lowest BCUT2D eigenvalue weighted by Gasteiger charge is -2.26. The summed E-state index contributed by atoms with van der Waals surface area (Å²) in [5.74, 6) is -1.83. The molecule has 0 radical (unpaired) electrons. The molecule has 0 spiro atoms. The first kappa shape index (κ1) is 25.5. The molecule has 0 bridgehead atoms. The van der Waals surface area contributed by atoms with Gasteiger partial charge >= 0.3 is 6.18 Å². The van der Waals surface area contributed by atoms with E-state index in [-0.39, 0.29) is 17.2 Å². The summed E-state index contributed by atoms with van der Waals surface area (Å²) in [7, 11) is 0. The van der Waals surface area contributed by atoms with E-state index in [4.69, 9.17) is 0 Å². The van der Waals surface area contributed by atoms with E-state index in [0.29, 0.717) is 13.0 Å². The highest BCUT2D eigenvalue weighted by molar-refractivity contribution is 5.99. The average molecular weight is 479 g/mol. The van der Waals surface area contributed by atoms with Gasteiger partial charge in [-0.1, -0.05) is 38.7 Å². The van der Waals surface area contributed by atoms with E-state index in [1.807, 2.05) is 12.2 Å². The summed E-state index contributed by atoms with van der Waals surface area (Å²) in [5, 5.41) is 4.59. The summed E-state index contributed by atoms with van der Waals surface area (Å²) >= 11 is 0. The van der Waals surface area contributed by atoms with Gasteiger partial charge in [-0.05, 0) is 25.3 Å². The molecule has 1 fully saturated rings. The van der Waals surface area contributed by atoms with Crippen LogP contribution in [0.1, 0.15) is 90.2 Å². The van der Waals surface area contributed by atoms with Crippen LogP contribution in [0.4, 0.5) is 13.2 Å². The van der Waals surface area contributed by atoms with Crippen molar-refractivity contribution in [2.24, 2.45) is 0 Å². The van der Waals surface area contributed by atoms with Gasteiger partial charge in [0.1, 0.15) is 11.1 Å². The second-order valence-electron chi connectivity index (χ2n) is 8.50. The van der Waals surface area contributed by atoms with Gasteiger partial charge in [0.25, 0.3) is 11.8 Å². The summed E-state index contributed by atoms with van der Waals surface area (Å²) < 4.78 is 42.9. The minimum atomic E-state index is -4.81. The minimum Gasteiger partial charge on any atom is -0.352 e. The number of carbonyl (C=O) groups excluding carboxylic acids is 2. The van der Waals surface area contributed by atoms with Gasteiger partial charge in [-0.15, -0.1) is 0 Å². The standard InChI is InChI=1S/C24H29F3N4O3/c1-2-3-12-29-22(33)18-14-31(17-9-5-4-6-10-17)15-19(20(18)32)23(34)30-21(24(25,26)27)16-8-7-11-28-13-16/h7-8,11,13-15,17,21H,2-6,9-10,12H2,1H3,(H,29,33)(H,30,34)/t21-/m1/s1. The van der Waals surface area contributed by atoms with Crippen molar-refractivity contribution in [3.63, 3.8) is 0 Å². The molecule has 1 saturated carbocycles. The van der Waals surface area contributed by atoms with Gasteiger partial charge < -0.3 is 15.2 Å². The molecule has 184 valence electrons. The second kappa shape index (κ2) is 11.3. The van der Waals surface area contributed by atoms with Crippen LogP contribution in [0.15, 0.2) is 41.7 Å². The number of nitrogens with one attached hydrogen (secondary N) is 2. The Morgan fingerprint density at radius 2 is 1.82 bits per heavy atom. The molecular weight excluding hydrogens is 449 g/mol. The Kier molecular flexibility index (Phi) is 8.46. The van der Waals surface area contributed by atoms with Crippen LogP contribution >= 0.6 is 0 Å². The maximum atomic E-state index is 13.7. The van der Waals surface area contributed by atoms with Crippen LogP contribution in [0, 0.1) is 0 Å². The zero-order valence-electron chi connectivity index (χ0n) is 19.0. The Hall–Kier alpha value is -3.17. The summed E-state index contributed by atoms with van der Waals surface area (Å²) in [6, 6.07) is 0.138. The third kappa shape index (κ3) is 6.24. The molecule has 10 heteroatoms. The zero-order valence-corrected chi connectivity index (χ0v) is 19.0. The lowest BCUT2D eigenvalue weighted by molar-refractivity contribution is -0.155. The Morgan fingerprint density at radius 1 is 1.15 bits per heavy atom. The summed E-state index contributed by atoms with van der Waals surface area (Å²) in [5.41, 5.74) is -1.90. The number of carbonyl (C=O) groups is 2. The molecule has 2 heterocycles. The van der Waals surface area contributed by atoms with Gasteiger partial charge in [0.05, 0.1) is 0 Å². The number of rotatable bonds is 8. The van der Waals surface area contributed by atoms with Crippen LogP contribution in [0.25, 0.3) is 0 Å². The lowest BCUT2D eigenvalue weighted by Crippen LogP contribution is -2.41. The van der Waals surface area contributed by atoms with Crippen molar-refractivity contribution in [1.82, 2.24) is 20.2 Å². The number of unbranched alkanes of at least 4 members (excludes halogenated alkanes) is 1. The number of hydrogen-bond acceptors (Lipinski definition) is 4. The number of nitrogens with zero attached hydrogens (tertiary/aromatic N) is 2. The van der Waals surface area contributed by atoms with Crippen LogP contribution < -0.4 is 16.1 Å². The van der Waals surface area contributed by atoms with Crippen LogP contribution in [-0.2, 0) is 0 Å². The topological polar surface area (TPSA) is 93.1 Å². The third-order valence-corrected chi connectivity index (χ3v) is 5.97. The first-order valence-electron chi connectivity index (χ1n) is 11.5. The van der Waals surface area contributed by atoms with Crippen molar-refractivity contribution in [1.29, 1.82) is 0 Å². The molecule has 0 aromatic carbocycles. The molecule has 34 heavy (non-hydrogen) atoms. The number of amides is 2. The van der Waals surface area contributed by atoms with E-state index >= 15 is 0 Å². The fourth-order valence-corrected chi connectivity index (χ4v) is 4.09. The molecule has 2 aromatic heterocycles. The highest BCUT2D eigenvalue weighted by Crippen LogP contribution is 2.32. The summed E-state index contributed by atoms with van der Waals surface area (Å²) in [4.78, 5) is 42.5. The van der Waals surface area contributed by atoms with Crippen molar-refractivity contribution in [3.8, 4) is 0 Å². The Morgan fingerprint density at radius 3 is 2.41 bits per heavy atom. The molecule has 3 rings (SSSR count). The monoisotopic (exact) mass is 478 g/mol. The number of hydrogen-bond donors (Lipinski definition) is 2. The highest BCUT2D eigenvalue weighted by Gasteiger charge is 2.42. The number of aromatic nitrogens is 2. The minimum absolute atomic E-state index is 0.0418. The van der Waals surface area contributed by atoms with Crippen molar-refractivity contribution in [2.45, 2.75) is 70.1 Å². The molecule has 0 unspecified atom stereocenters. The van der Waals surface area contributed by atoms with Gasteiger partial charge in [-0.2, -0.15) is 13.2 Å². The highest BCUT2D eigenvalue weighted by atomic mass is 19.4. The molecule has 1 aliphatic rings. The maximum Gasteiger partial charge on any atom is 0.412 e. The molecule has 0 saturated heterocycles. The van der Waals surface area contributed by atoms with Gasteiger partial charge in [0, 0.05) is 42.9 Å². The quantitative estimate of drug-likeness (QED) is 0.553. The van der Waals surface area contributed by atoms with E-state index in [9.17, 15) is 27.6 Å². The van der Waals surface area contributed by atoms with E-state index in [2.05, 4.69) is 10.3 Å². The molecule has 2 aromatic rings. The van der Waals surface area contributed by atoms with Crippen molar-refractivity contribution in [2.75, 3.05) is 6.54 Å². The molecule has 1 aliphatic carbocycles. The Labute approximate surface area is 195 Å². The fourth-order valence-electron chi connectivity index (χ4n) is 4.09. The largest absolute Gasteiger partial charge is 0.412 e. The van der Waals surface area contributed by atoms with E-state index < -0.39 is 35.0 Å². The second-order valence-corrected chi connectivity index (χ2v) is 8.50. The van der Waals surface area contributed by atoms with Gasteiger partial charge in [0.2, 0.25) is 5.43 Å². The Balaban J connectivity index is 1.99. The van der Waals surface area contributed by atoms with Crippen molar-refractivity contribution >= 4 is 11.8 Å². The zero-order chi connectivity index (χ0) is 24.7. The predicted octanol–water partition coefficient (Wildman–Crippen LogP) is 4.31. The number of pyridine rings is 2. The number of halogens is 3. The molecule has 0 aliphatic heterocycles. The smallest absolute Gasteiger partial charge is 0.352 e. The maximum absolute atomic E-state index is 13.7. The van der Waals surface area contributed by atoms with Crippen LogP contribution in [0.2, 0.25) is 0 Å². The first-order valence-corrected chi connectivity index (χ1v) is 11.5. The van der Waals surface area contributed by atoms with Gasteiger partial charge in [-0.3, -0.25) is 19.4 Å². The SMILES string of the molecule is CCCCNC(=O)c1cn(C2CCCCC2)cc(C(=O)N[C@H](c2cccnc2)C(F)(F)F)c1=O. The number of alkyl halides is 3. The lowest BCUT2D eigenvalue weighted by atomic mass is 9.95. The molecule has 1 atom stereocenters. The summed E-state index contributed by atoms with van der Waals surface area (Å²) in [6.07, 6.45) is 6.31. The fraction of sp³-hybridized carbons (Fsp3) is 0.500. The van der Waals surface area contributed by atoms with Crippen LogP contribution in [0.3, 0.4) is 0 Å². The normalized spacial score (nSPS) is 15.5. The van der Waals surface area contributed by atoms with Crippen molar-refractivity contribution < 1.29 is 22.8 Å². The van der Waals surface area contributed by atoms with E-state index in [0.717, 1.165) is 44.7 Å².